The highest BCUT2D eigenvalue weighted by Gasteiger charge is 2.06. The van der Waals surface area contributed by atoms with Gasteiger partial charge in [0.25, 0.3) is 11.8 Å². The molecule has 0 fully saturated rings. The van der Waals surface area contributed by atoms with E-state index in [-0.39, 0.29) is 11.8 Å². The fourth-order valence-electron chi connectivity index (χ4n) is 2.88. The normalized spacial score (nSPS) is 9.89. The molecule has 0 bridgehead atoms. The molecule has 2 amide bonds. The molecular weight excluding hydrogens is 464 g/mol. The first kappa shape index (κ1) is 25.4. The molecule has 0 atom stereocenters. The van der Waals surface area contributed by atoms with Crippen LogP contribution in [0.5, 0.6) is 0 Å². The van der Waals surface area contributed by atoms with Gasteiger partial charge in [-0.2, -0.15) is 0 Å². The van der Waals surface area contributed by atoms with Crippen LogP contribution in [0.4, 0.5) is 5.82 Å². The molecule has 0 aliphatic heterocycles. The summed E-state index contributed by atoms with van der Waals surface area (Å²) in [5, 5.41) is 6.01. The number of amides is 2. The molecule has 0 aliphatic rings. The predicted molar refractivity (Wildman–Crippen MR) is 137 cm³/mol. The van der Waals surface area contributed by atoms with Crippen molar-refractivity contribution in [2.45, 2.75) is 13.1 Å². The van der Waals surface area contributed by atoms with Gasteiger partial charge in [0.05, 0.1) is 11.1 Å². The first-order valence-corrected chi connectivity index (χ1v) is 11.1. The Labute approximate surface area is 208 Å². The van der Waals surface area contributed by atoms with Gasteiger partial charge in [0.2, 0.25) is 0 Å². The second-order valence-electron chi connectivity index (χ2n) is 7.28. The smallest absolute Gasteiger partial charge is 0.253 e. The Morgan fingerprint density at radius 3 is 1.57 bits per heavy atom. The lowest BCUT2D eigenvalue weighted by Gasteiger charge is -2.05. The zero-order valence-corrected chi connectivity index (χ0v) is 19.6. The van der Waals surface area contributed by atoms with Crippen molar-refractivity contribution in [2.24, 2.45) is 5.84 Å². The summed E-state index contributed by atoms with van der Waals surface area (Å²) < 4.78 is 0. The van der Waals surface area contributed by atoms with Crippen LogP contribution < -0.4 is 21.9 Å². The van der Waals surface area contributed by atoms with Gasteiger partial charge in [-0.25, -0.2) is 15.8 Å². The number of nitrogens with two attached hydrogens (primary N) is 1. The van der Waals surface area contributed by atoms with Crippen LogP contribution in [0.25, 0.3) is 0 Å². The van der Waals surface area contributed by atoms with E-state index < -0.39 is 0 Å². The third-order valence-electron chi connectivity index (χ3n) is 4.75. The molecule has 35 heavy (non-hydrogen) atoms. The van der Waals surface area contributed by atoms with E-state index in [1.54, 1.807) is 24.3 Å². The Morgan fingerprint density at radius 2 is 1.17 bits per heavy atom. The van der Waals surface area contributed by atoms with E-state index in [0.29, 0.717) is 35.2 Å². The van der Waals surface area contributed by atoms with E-state index in [4.69, 9.17) is 17.4 Å². The number of anilines is 1. The third kappa shape index (κ3) is 8.54. The van der Waals surface area contributed by atoms with Crippen molar-refractivity contribution in [1.82, 2.24) is 20.6 Å². The first-order chi connectivity index (χ1) is 17.0. The number of pyridine rings is 2. The highest BCUT2D eigenvalue weighted by molar-refractivity contribution is 6.29. The van der Waals surface area contributed by atoms with Crippen molar-refractivity contribution in [3.05, 3.63) is 125 Å². The minimum Gasteiger partial charge on any atom is -0.348 e. The molecule has 4 rings (SSSR count). The number of rotatable bonds is 7. The van der Waals surface area contributed by atoms with E-state index in [9.17, 15) is 9.59 Å². The molecular formula is C26H25ClN6O2. The van der Waals surface area contributed by atoms with Crippen LogP contribution in [0.1, 0.15) is 31.8 Å². The Kier molecular flexibility index (Phi) is 9.74. The second-order valence-corrected chi connectivity index (χ2v) is 7.67. The summed E-state index contributed by atoms with van der Waals surface area (Å²) in [6, 6.07) is 26.0. The lowest BCUT2D eigenvalue weighted by molar-refractivity contribution is 0.0942. The highest BCUT2D eigenvalue weighted by atomic mass is 35.5. The van der Waals surface area contributed by atoms with Gasteiger partial charge in [0.1, 0.15) is 11.0 Å². The largest absolute Gasteiger partial charge is 0.348 e. The quantitative estimate of drug-likeness (QED) is 0.177. The summed E-state index contributed by atoms with van der Waals surface area (Å²) in [6.45, 7) is 0.999. The van der Waals surface area contributed by atoms with Gasteiger partial charge in [-0.1, -0.05) is 72.3 Å². The Balaban J connectivity index is 0.000000196. The van der Waals surface area contributed by atoms with Crippen molar-refractivity contribution >= 4 is 29.2 Å². The summed E-state index contributed by atoms with van der Waals surface area (Å²) in [4.78, 5) is 31.4. The average Bonchev–Trinajstić information content (AvgIpc) is 2.92. The van der Waals surface area contributed by atoms with Gasteiger partial charge in [-0.05, 0) is 35.4 Å². The van der Waals surface area contributed by atoms with Crippen molar-refractivity contribution in [2.75, 3.05) is 5.43 Å². The standard InChI is InChI=1S/C13H11ClN2O.C13H14N4O/c14-12-7-6-11(9-15-12)13(17)16-8-10-4-2-1-3-5-10;14-17-12-7-6-11(9-15-12)13(18)16-8-10-4-2-1-3-5-10/h1-7,9H,8H2,(H,16,17);1-7,9H,8,14H2,(H,15,17)(H,16,18). The van der Waals surface area contributed by atoms with Gasteiger partial charge in [-0.15, -0.1) is 0 Å². The molecule has 4 aromatic rings. The fourth-order valence-corrected chi connectivity index (χ4v) is 3.00. The predicted octanol–water partition coefficient (Wildman–Crippen LogP) is 3.96. The van der Waals surface area contributed by atoms with Gasteiger partial charge in [0.15, 0.2) is 0 Å². The zero-order chi connectivity index (χ0) is 24.9. The summed E-state index contributed by atoms with van der Waals surface area (Å²) in [7, 11) is 0. The van der Waals surface area contributed by atoms with Crippen LogP contribution in [-0.2, 0) is 13.1 Å². The molecule has 9 heteroatoms. The number of nitrogens with one attached hydrogen (secondary N) is 3. The maximum Gasteiger partial charge on any atom is 0.253 e. The number of carbonyl (C=O) groups excluding carboxylic acids is 2. The minimum atomic E-state index is -0.157. The molecule has 0 unspecified atom stereocenters. The molecule has 2 aromatic carbocycles. The van der Waals surface area contributed by atoms with Gasteiger partial charge in [0, 0.05) is 25.5 Å². The monoisotopic (exact) mass is 488 g/mol. The molecule has 2 heterocycles. The molecule has 8 nitrogen and oxygen atoms in total. The number of hydrogen-bond acceptors (Lipinski definition) is 6. The van der Waals surface area contributed by atoms with Crippen LogP contribution in [0.15, 0.2) is 97.3 Å². The van der Waals surface area contributed by atoms with E-state index in [1.165, 1.54) is 12.4 Å². The van der Waals surface area contributed by atoms with Crippen LogP contribution >= 0.6 is 11.6 Å². The third-order valence-corrected chi connectivity index (χ3v) is 4.98. The van der Waals surface area contributed by atoms with Crippen molar-refractivity contribution in [3.63, 3.8) is 0 Å². The number of aromatic nitrogens is 2. The summed E-state index contributed by atoms with van der Waals surface area (Å²) in [5.74, 6) is 5.41. The van der Waals surface area contributed by atoms with Gasteiger partial charge >= 0.3 is 0 Å². The van der Waals surface area contributed by atoms with Gasteiger partial charge < -0.3 is 16.1 Å². The van der Waals surface area contributed by atoms with Crippen LogP contribution in [0.2, 0.25) is 5.15 Å². The SMILES string of the molecule is NNc1ccc(C(=O)NCc2ccccc2)cn1.O=C(NCc1ccccc1)c1ccc(Cl)nc1. The fraction of sp³-hybridized carbons (Fsp3) is 0.0769. The van der Waals surface area contributed by atoms with E-state index in [0.717, 1.165) is 11.1 Å². The molecule has 0 radical (unpaired) electrons. The van der Waals surface area contributed by atoms with Crippen LogP contribution in [-0.4, -0.2) is 21.8 Å². The van der Waals surface area contributed by atoms with E-state index in [1.807, 2.05) is 60.7 Å². The molecule has 5 N–H and O–H groups in total. The number of halogens is 1. The molecule has 0 aliphatic carbocycles. The minimum absolute atomic E-state index is 0.155. The summed E-state index contributed by atoms with van der Waals surface area (Å²) in [5.41, 5.74) is 5.53. The number of carbonyl (C=O) groups is 2. The highest BCUT2D eigenvalue weighted by Crippen LogP contribution is 2.06. The molecule has 2 aromatic heterocycles. The number of hydrazine groups is 1. The summed E-state index contributed by atoms with van der Waals surface area (Å²) >= 11 is 5.65. The van der Waals surface area contributed by atoms with Gasteiger partial charge in [-0.3, -0.25) is 9.59 Å². The van der Waals surface area contributed by atoms with E-state index in [2.05, 4.69) is 26.0 Å². The molecule has 0 spiro atoms. The lowest BCUT2D eigenvalue weighted by Crippen LogP contribution is -2.23. The first-order valence-electron chi connectivity index (χ1n) is 10.7. The molecule has 0 saturated carbocycles. The van der Waals surface area contributed by atoms with Crippen molar-refractivity contribution in [3.8, 4) is 0 Å². The maximum absolute atomic E-state index is 11.8. The summed E-state index contributed by atoms with van der Waals surface area (Å²) in [6.07, 6.45) is 2.94. The second kappa shape index (κ2) is 13.4. The van der Waals surface area contributed by atoms with Crippen molar-refractivity contribution < 1.29 is 9.59 Å². The maximum atomic E-state index is 11.8. The molecule has 0 saturated heterocycles. The lowest BCUT2D eigenvalue weighted by atomic mass is 10.2. The zero-order valence-electron chi connectivity index (χ0n) is 18.8. The number of hydrogen-bond donors (Lipinski definition) is 4. The topological polar surface area (TPSA) is 122 Å². The number of benzene rings is 2. The van der Waals surface area contributed by atoms with E-state index >= 15 is 0 Å². The Morgan fingerprint density at radius 1 is 0.686 bits per heavy atom. The molecule has 178 valence electrons. The Hall–Kier alpha value is -4.27. The van der Waals surface area contributed by atoms with Crippen LogP contribution in [0, 0.1) is 0 Å². The Bertz CT molecular complexity index is 1200. The number of nitrogens with zero attached hydrogens (tertiary/aromatic N) is 2. The van der Waals surface area contributed by atoms with Crippen LogP contribution in [0.3, 0.4) is 0 Å². The van der Waals surface area contributed by atoms with Crippen molar-refractivity contribution in [1.29, 1.82) is 0 Å². The average molecular weight is 489 g/mol. The number of nitrogen functional groups attached to an aromatic ring is 1.